The van der Waals surface area contributed by atoms with Crippen molar-refractivity contribution in [3.8, 4) is 11.1 Å². The van der Waals surface area contributed by atoms with Gasteiger partial charge in [-0.1, -0.05) is 30.4 Å². The molecule has 2 atom stereocenters. The molecule has 1 aliphatic carbocycles. The Labute approximate surface area is 225 Å². The number of benzene rings is 2. The zero-order valence-corrected chi connectivity index (χ0v) is 21.9. The van der Waals surface area contributed by atoms with Crippen LogP contribution in [0, 0.1) is 5.92 Å². The van der Waals surface area contributed by atoms with E-state index in [1.807, 2.05) is 83.3 Å². The maximum atomic E-state index is 13.8. The average Bonchev–Trinajstić information content (AvgIpc) is 3.41. The topological polar surface area (TPSA) is 61.4 Å². The molecule has 6 rings (SSSR count). The molecule has 3 aliphatic rings. The van der Waals surface area contributed by atoms with E-state index in [1.165, 1.54) is 5.70 Å². The minimum Gasteiger partial charge on any atom is -0.366 e. The zero-order chi connectivity index (χ0) is 25.2. The van der Waals surface area contributed by atoms with Crippen LogP contribution in [0.5, 0.6) is 0 Å². The standard InChI is InChI=1S/C30H27N3O2S2/c34-29(27-7-3-4-21-16-31-17-24-19-37-15-13-33(24)28(21)27)20-8-10-23(11-9-20)32-30(35)26-6-2-1-5-25(26)22-12-14-36-18-22/h1-6,8-12,14,16-18,27-28,31H,7,13,15,19H2,(H,32,35). The van der Waals surface area contributed by atoms with Gasteiger partial charge in [-0.25, -0.2) is 0 Å². The summed E-state index contributed by atoms with van der Waals surface area (Å²) in [6.07, 6.45) is 9.07. The van der Waals surface area contributed by atoms with Gasteiger partial charge in [-0.15, -0.1) is 0 Å². The summed E-state index contributed by atoms with van der Waals surface area (Å²) >= 11 is 3.54. The van der Waals surface area contributed by atoms with Gasteiger partial charge in [0.2, 0.25) is 0 Å². The lowest BCUT2D eigenvalue weighted by molar-refractivity contribution is 0.0850. The fraction of sp³-hybridized carbons (Fsp3) is 0.200. The summed E-state index contributed by atoms with van der Waals surface area (Å²) in [5.74, 6) is 1.84. The highest BCUT2D eigenvalue weighted by Gasteiger charge is 2.38. The lowest BCUT2D eigenvalue weighted by Crippen LogP contribution is -2.47. The molecule has 5 nitrogen and oxygen atoms in total. The highest BCUT2D eigenvalue weighted by Crippen LogP contribution is 2.36. The van der Waals surface area contributed by atoms with Crippen molar-refractivity contribution in [2.24, 2.45) is 5.92 Å². The highest BCUT2D eigenvalue weighted by atomic mass is 32.2. The molecule has 2 aliphatic heterocycles. The predicted molar refractivity (Wildman–Crippen MR) is 153 cm³/mol. The summed E-state index contributed by atoms with van der Waals surface area (Å²) in [4.78, 5) is 29.3. The molecule has 7 heteroatoms. The first-order chi connectivity index (χ1) is 18.2. The quantitative estimate of drug-likeness (QED) is 0.390. The van der Waals surface area contributed by atoms with Crippen LogP contribution in [-0.2, 0) is 0 Å². The molecule has 37 heavy (non-hydrogen) atoms. The molecule has 0 radical (unpaired) electrons. The van der Waals surface area contributed by atoms with Crippen LogP contribution in [0.3, 0.4) is 0 Å². The van der Waals surface area contributed by atoms with Crippen LogP contribution in [0.15, 0.2) is 101 Å². The Kier molecular flexibility index (Phi) is 6.72. The van der Waals surface area contributed by atoms with E-state index in [0.717, 1.165) is 41.2 Å². The van der Waals surface area contributed by atoms with Gasteiger partial charge in [-0.3, -0.25) is 9.59 Å². The third kappa shape index (κ3) is 4.77. The van der Waals surface area contributed by atoms with Gasteiger partial charge >= 0.3 is 0 Å². The maximum Gasteiger partial charge on any atom is 0.256 e. The Hall–Kier alpha value is -3.55. The Morgan fingerprint density at radius 1 is 1.03 bits per heavy atom. The zero-order valence-electron chi connectivity index (χ0n) is 20.2. The number of carbonyl (C=O) groups excluding carboxylic acids is 2. The lowest BCUT2D eigenvalue weighted by Gasteiger charge is -2.42. The van der Waals surface area contributed by atoms with Gasteiger partial charge in [-0.2, -0.15) is 23.1 Å². The van der Waals surface area contributed by atoms with Crippen molar-refractivity contribution in [3.63, 3.8) is 0 Å². The molecule has 1 fully saturated rings. The van der Waals surface area contributed by atoms with E-state index in [9.17, 15) is 9.59 Å². The summed E-state index contributed by atoms with van der Waals surface area (Å²) < 4.78 is 0. The van der Waals surface area contributed by atoms with Crippen molar-refractivity contribution in [1.29, 1.82) is 0 Å². The van der Waals surface area contributed by atoms with E-state index in [2.05, 4.69) is 33.9 Å². The second-order valence-corrected chi connectivity index (χ2v) is 11.2. The van der Waals surface area contributed by atoms with Crippen LogP contribution in [0.1, 0.15) is 27.1 Å². The van der Waals surface area contributed by atoms with E-state index >= 15 is 0 Å². The molecule has 2 unspecified atom stereocenters. The van der Waals surface area contributed by atoms with Gasteiger partial charge < -0.3 is 15.5 Å². The summed E-state index contributed by atoms with van der Waals surface area (Å²) in [7, 11) is 0. The first-order valence-electron chi connectivity index (χ1n) is 12.4. The molecule has 0 bridgehead atoms. The number of allylic oxidation sites excluding steroid dienone is 1. The molecule has 3 aromatic rings. The second kappa shape index (κ2) is 10.4. The molecule has 186 valence electrons. The van der Waals surface area contributed by atoms with Gasteiger partial charge in [-0.05, 0) is 70.3 Å². The number of rotatable bonds is 5. The van der Waals surface area contributed by atoms with Crippen LogP contribution in [0.25, 0.3) is 11.1 Å². The SMILES string of the molecule is O=C(Nc1ccc(C(=O)C2CC=CC3=CNC=C4CSCCN4C32)cc1)c1ccccc1-c1ccsc1. The number of hydrogen-bond acceptors (Lipinski definition) is 6. The normalized spacial score (nSPS) is 20.5. The van der Waals surface area contributed by atoms with Crippen molar-refractivity contribution < 1.29 is 9.59 Å². The molecule has 1 saturated heterocycles. The number of Topliss-reactive ketones (excluding diaryl/α,β-unsaturated/α-hetero) is 1. The number of thioether (sulfide) groups is 1. The fourth-order valence-corrected chi connectivity index (χ4v) is 6.90. The maximum absolute atomic E-state index is 13.8. The molecular weight excluding hydrogens is 498 g/mol. The van der Waals surface area contributed by atoms with Crippen LogP contribution >= 0.6 is 23.1 Å². The first kappa shape index (κ1) is 23.8. The van der Waals surface area contributed by atoms with Crippen molar-refractivity contribution in [3.05, 3.63) is 112 Å². The van der Waals surface area contributed by atoms with Gasteiger partial charge in [0, 0.05) is 53.0 Å². The molecule has 1 amide bonds. The Balaban J connectivity index is 1.20. The van der Waals surface area contributed by atoms with Gasteiger partial charge in [0.05, 0.1) is 12.0 Å². The van der Waals surface area contributed by atoms with E-state index in [-0.39, 0.29) is 23.7 Å². The predicted octanol–water partition coefficient (Wildman–Crippen LogP) is 6.17. The molecular formula is C30H27N3O2S2. The van der Waals surface area contributed by atoms with Crippen molar-refractivity contribution in [1.82, 2.24) is 10.2 Å². The number of nitrogens with one attached hydrogen (secondary N) is 2. The Morgan fingerprint density at radius 3 is 2.73 bits per heavy atom. The monoisotopic (exact) mass is 525 g/mol. The third-order valence-electron chi connectivity index (χ3n) is 7.12. The van der Waals surface area contributed by atoms with Crippen molar-refractivity contribution >= 4 is 40.5 Å². The van der Waals surface area contributed by atoms with Crippen molar-refractivity contribution in [2.45, 2.75) is 12.5 Å². The number of anilines is 1. The van der Waals surface area contributed by atoms with Gasteiger partial charge in [0.15, 0.2) is 5.78 Å². The highest BCUT2D eigenvalue weighted by molar-refractivity contribution is 7.99. The number of thiophene rings is 1. The van der Waals surface area contributed by atoms with Crippen LogP contribution in [-0.4, -0.2) is 40.7 Å². The largest absolute Gasteiger partial charge is 0.366 e. The minimum absolute atomic E-state index is 0.0348. The first-order valence-corrected chi connectivity index (χ1v) is 14.5. The Bertz CT molecular complexity index is 1410. The molecule has 1 aromatic heterocycles. The van der Waals surface area contributed by atoms with Gasteiger partial charge in [0.25, 0.3) is 5.91 Å². The van der Waals surface area contributed by atoms with E-state index in [4.69, 9.17) is 0 Å². The minimum atomic E-state index is -0.165. The number of hydrogen-bond donors (Lipinski definition) is 2. The van der Waals surface area contributed by atoms with E-state index in [1.54, 1.807) is 11.3 Å². The number of ketones is 1. The molecule has 2 aromatic carbocycles. The summed E-state index contributed by atoms with van der Waals surface area (Å²) in [6, 6.07) is 17.0. The van der Waals surface area contributed by atoms with Crippen LogP contribution in [0.4, 0.5) is 5.69 Å². The van der Waals surface area contributed by atoms with E-state index < -0.39 is 0 Å². The third-order valence-corrected chi connectivity index (χ3v) is 8.78. The van der Waals surface area contributed by atoms with E-state index in [0.29, 0.717) is 16.8 Å². The number of nitrogens with zero attached hydrogens (tertiary/aromatic N) is 1. The smallest absolute Gasteiger partial charge is 0.256 e. The summed E-state index contributed by atoms with van der Waals surface area (Å²) in [5.41, 5.74) is 6.31. The van der Waals surface area contributed by atoms with Gasteiger partial charge in [0.1, 0.15) is 0 Å². The number of fused-ring (bicyclic) bond motifs is 3. The van der Waals surface area contributed by atoms with Crippen LogP contribution < -0.4 is 10.6 Å². The summed E-state index contributed by atoms with van der Waals surface area (Å²) in [6.45, 7) is 0.940. The second-order valence-electron chi connectivity index (χ2n) is 9.34. The molecule has 3 heterocycles. The lowest BCUT2D eigenvalue weighted by atomic mass is 9.79. The average molecular weight is 526 g/mol. The number of carbonyl (C=O) groups is 2. The molecule has 0 spiro atoms. The van der Waals surface area contributed by atoms with Crippen molar-refractivity contribution in [2.75, 3.05) is 23.4 Å². The Morgan fingerprint density at radius 2 is 1.89 bits per heavy atom. The molecule has 0 saturated carbocycles. The molecule has 2 N–H and O–H groups in total. The number of amides is 1. The fourth-order valence-electron chi connectivity index (χ4n) is 5.32. The van der Waals surface area contributed by atoms with Crippen LogP contribution in [0.2, 0.25) is 0 Å². The summed E-state index contributed by atoms with van der Waals surface area (Å²) in [5, 5.41) is 10.4.